The van der Waals surface area contributed by atoms with E-state index in [9.17, 15) is 18.3 Å². The van der Waals surface area contributed by atoms with E-state index in [1.165, 1.54) is 12.1 Å². The number of carbonyl (C=O) groups excluding carboxylic acids is 1. The van der Waals surface area contributed by atoms with Gasteiger partial charge >= 0.3 is 0 Å². The van der Waals surface area contributed by atoms with Gasteiger partial charge in [0.15, 0.2) is 9.84 Å². The third-order valence-corrected chi connectivity index (χ3v) is 4.12. The molecule has 1 aliphatic heterocycles. The maximum Gasteiger partial charge on any atom is 0.255 e. The van der Waals surface area contributed by atoms with Gasteiger partial charge in [-0.3, -0.25) is 4.79 Å². The molecule has 0 aliphatic carbocycles. The highest BCUT2D eigenvalue weighted by molar-refractivity contribution is 7.94. The number of benzene rings is 1. The Morgan fingerprint density at radius 2 is 2.17 bits per heavy atom. The summed E-state index contributed by atoms with van der Waals surface area (Å²) in [4.78, 5) is 11.9. The molecule has 1 aromatic carbocycles. The second-order valence-corrected chi connectivity index (χ2v) is 6.14. The van der Waals surface area contributed by atoms with Crippen LogP contribution in [0, 0.1) is 6.92 Å². The van der Waals surface area contributed by atoms with Crippen molar-refractivity contribution in [2.75, 3.05) is 5.75 Å². The molecule has 1 heterocycles. The zero-order valence-electron chi connectivity index (χ0n) is 9.75. The van der Waals surface area contributed by atoms with Gasteiger partial charge in [0.2, 0.25) is 0 Å². The van der Waals surface area contributed by atoms with Crippen LogP contribution in [0.15, 0.2) is 29.7 Å². The van der Waals surface area contributed by atoms with Crippen LogP contribution < -0.4 is 5.32 Å². The molecule has 0 saturated carbocycles. The first-order chi connectivity index (χ1) is 8.39. The van der Waals surface area contributed by atoms with Crippen molar-refractivity contribution in [1.29, 1.82) is 0 Å². The molecule has 1 atom stereocenters. The van der Waals surface area contributed by atoms with Gasteiger partial charge in [-0.2, -0.15) is 0 Å². The number of phenols is 1. The van der Waals surface area contributed by atoms with Gasteiger partial charge in [-0.15, -0.1) is 0 Å². The summed E-state index contributed by atoms with van der Waals surface area (Å²) in [5.41, 5.74) is 0.741. The average Bonchev–Trinajstić information content (AvgIpc) is 2.62. The Labute approximate surface area is 105 Å². The van der Waals surface area contributed by atoms with Crippen LogP contribution in [0.25, 0.3) is 0 Å². The topological polar surface area (TPSA) is 83.5 Å². The summed E-state index contributed by atoms with van der Waals surface area (Å²) >= 11 is 0. The number of aromatic hydroxyl groups is 1. The van der Waals surface area contributed by atoms with Crippen molar-refractivity contribution in [3.8, 4) is 5.75 Å². The summed E-state index contributed by atoms with van der Waals surface area (Å²) in [6.07, 6.45) is 1.43. The number of hydrogen-bond donors (Lipinski definition) is 2. The summed E-state index contributed by atoms with van der Waals surface area (Å²) in [6.45, 7) is 1.69. The molecule has 18 heavy (non-hydrogen) atoms. The third kappa shape index (κ3) is 2.53. The number of hydrogen-bond acceptors (Lipinski definition) is 4. The number of carbonyl (C=O) groups is 1. The Morgan fingerprint density at radius 3 is 2.78 bits per heavy atom. The van der Waals surface area contributed by atoms with Gasteiger partial charge in [-0.1, -0.05) is 12.1 Å². The average molecular weight is 267 g/mol. The second-order valence-electron chi connectivity index (χ2n) is 4.21. The number of para-hydroxylation sites is 1. The monoisotopic (exact) mass is 267 g/mol. The minimum absolute atomic E-state index is 0.0835. The lowest BCUT2D eigenvalue weighted by Gasteiger charge is -2.11. The van der Waals surface area contributed by atoms with Crippen molar-refractivity contribution in [2.24, 2.45) is 0 Å². The highest BCUT2D eigenvalue weighted by atomic mass is 32.2. The molecule has 0 radical (unpaired) electrons. The number of phenolic OH excluding ortho intramolecular Hbond substituents is 1. The lowest BCUT2D eigenvalue weighted by Crippen LogP contribution is -2.35. The van der Waals surface area contributed by atoms with Gasteiger partial charge in [0.1, 0.15) is 5.75 Å². The highest BCUT2D eigenvalue weighted by Gasteiger charge is 2.24. The van der Waals surface area contributed by atoms with Crippen LogP contribution in [-0.2, 0) is 9.84 Å². The van der Waals surface area contributed by atoms with Crippen molar-refractivity contribution < 1.29 is 18.3 Å². The summed E-state index contributed by atoms with van der Waals surface area (Å²) < 4.78 is 22.4. The summed E-state index contributed by atoms with van der Waals surface area (Å²) in [7, 11) is -3.20. The SMILES string of the molecule is Cc1cccc(C(=O)NC2C=CS(=O)(=O)C2)c1O. The molecule has 0 saturated heterocycles. The van der Waals surface area contributed by atoms with E-state index in [2.05, 4.69) is 5.32 Å². The van der Waals surface area contributed by atoms with Crippen LogP contribution in [0.1, 0.15) is 15.9 Å². The lowest BCUT2D eigenvalue weighted by molar-refractivity contribution is 0.0945. The quantitative estimate of drug-likeness (QED) is 0.828. The summed E-state index contributed by atoms with van der Waals surface area (Å²) in [5.74, 6) is -0.700. The number of aryl methyl sites for hydroxylation is 1. The lowest BCUT2D eigenvalue weighted by atomic mass is 10.1. The predicted octanol–water partition coefficient (Wildman–Crippen LogP) is 0.741. The normalized spacial score (nSPS) is 20.8. The molecule has 96 valence electrons. The van der Waals surface area contributed by atoms with Gasteiger partial charge in [0, 0.05) is 5.41 Å². The van der Waals surface area contributed by atoms with Crippen LogP contribution in [0.5, 0.6) is 5.75 Å². The zero-order chi connectivity index (χ0) is 13.3. The molecular formula is C12H13NO4S. The van der Waals surface area contributed by atoms with Crippen LogP contribution in [0.3, 0.4) is 0 Å². The molecule has 2 rings (SSSR count). The third-order valence-electron chi connectivity index (χ3n) is 2.73. The van der Waals surface area contributed by atoms with Crippen molar-refractivity contribution in [2.45, 2.75) is 13.0 Å². The maximum atomic E-state index is 11.9. The molecule has 2 N–H and O–H groups in total. The fraction of sp³-hybridized carbons (Fsp3) is 0.250. The van der Waals surface area contributed by atoms with E-state index in [0.29, 0.717) is 5.56 Å². The van der Waals surface area contributed by atoms with E-state index in [4.69, 9.17) is 0 Å². The van der Waals surface area contributed by atoms with E-state index < -0.39 is 21.8 Å². The van der Waals surface area contributed by atoms with E-state index in [1.54, 1.807) is 19.1 Å². The maximum absolute atomic E-state index is 11.9. The highest BCUT2D eigenvalue weighted by Crippen LogP contribution is 2.21. The van der Waals surface area contributed by atoms with Crippen molar-refractivity contribution in [3.05, 3.63) is 40.8 Å². The number of nitrogens with one attached hydrogen (secondary N) is 1. The molecule has 0 spiro atoms. The van der Waals surface area contributed by atoms with Crippen molar-refractivity contribution >= 4 is 15.7 Å². The summed E-state index contributed by atoms with van der Waals surface area (Å²) in [5, 5.41) is 13.4. The molecule has 5 nitrogen and oxygen atoms in total. The Hall–Kier alpha value is -1.82. The zero-order valence-corrected chi connectivity index (χ0v) is 10.6. The van der Waals surface area contributed by atoms with Gasteiger partial charge < -0.3 is 10.4 Å². The molecule has 1 aromatic rings. The van der Waals surface area contributed by atoms with E-state index in [0.717, 1.165) is 5.41 Å². The minimum Gasteiger partial charge on any atom is -0.507 e. The molecule has 1 unspecified atom stereocenters. The number of rotatable bonds is 2. The van der Waals surface area contributed by atoms with E-state index in [-0.39, 0.29) is 17.1 Å². The Kier molecular flexibility index (Phi) is 3.13. The molecule has 0 fully saturated rings. The molecule has 0 aromatic heterocycles. The molecule has 0 bridgehead atoms. The van der Waals surface area contributed by atoms with E-state index >= 15 is 0 Å². The van der Waals surface area contributed by atoms with Gasteiger partial charge in [0.25, 0.3) is 5.91 Å². The van der Waals surface area contributed by atoms with Gasteiger partial charge in [0.05, 0.1) is 17.4 Å². The predicted molar refractivity (Wildman–Crippen MR) is 67.0 cm³/mol. The molecule has 1 amide bonds. The summed E-state index contributed by atoms with van der Waals surface area (Å²) in [6, 6.07) is 4.30. The fourth-order valence-electron chi connectivity index (χ4n) is 1.75. The van der Waals surface area contributed by atoms with Gasteiger partial charge in [-0.05, 0) is 24.6 Å². The van der Waals surface area contributed by atoms with Crippen molar-refractivity contribution in [1.82, 2.24) is 5.32 Å². The second kappa shape index (κ2) is 4.45. The van der Waals surface area contributed by atoms with E-state index in [1.807, 2.05) is 0 Å². The van der Waals surface area contributed by atoms with Crippen LogP contribution in [-0.4, -0.2) is 31.2 Å². The first-order valence-corrected chi connectivity index (χ1v) is 7.11. The first kappa shape index (κ1) is 12.6. The Morgan fingerprint density at radius 1 is 1.44 bits per heavy atom. The first-order valence-electron chi connectivity index (χ1n) is 5.39. The van der Waals surface area contributed by atoms with Gasteiger partial charge in [-0.25, -0.2) is 8.42 Å². The smallest absolute Gasteiger partial charge is 0.255 e. The number of sulfone groups is 1. The number of amides is 1. The Bertz CT molecular complexity index is 619. The largest absolute Gasteiger partial charge is 0.507 e. The van der Waals surface area contributed by atoms with Crippen LogP contribution in [0.2, 0.25) is 0 Å². The van der Waals surface area contributed by atoms with Crippen LogP contribution in [0.4, 0.5) is 0 Å². The van der Waals surface area contributed by atoms with Crippen LogP contribution >= 0.6 is 0 Å². The molecule has 1 aliphatic rings. The fourth-order valence-corrected chi connectivity index (χ4v) is 2.99. The van der Waals surface area contributed by atoms with Crippen molar-refractivity contribution in [3.63, 3.8) is 0 Å². The standard InChI is InChI=1S/C12H13NO4S/c1-8-3-2-4-10(11(8)14)12(15)13-9-5-6-18(16,17)7-9/h2-6,9,14H,7H2,1H3,(H,13,15). The Balaban J connectivity index is 2.14. The minimum atomic E-state index is -3.20. The molecular weight excluding hydrogens is 254 g/mol. The molecule has 6 heteroatoms.